The average Bonchev–Trinajstić information content (AvgIpc) is 2.15. The van der Waals surface area contributed by atoms with Crippen LogP contribution < -0.4 is 0 Å². The van der Waals surface area contributed by atoms with Gasteiger partial charge in [-0.05, 0) is 12.5 Å². The van der Waals surface area contributed by atoms with Crippen LogP contribution in [0, 0.1) is 5.38 Å². The summed E-state index contributed by atoms with van der Waals surface area (Å²) in [5.74, 6) is 1.29. The van der Waals surface area contributed by atoms with E-state index in [0.29, 0.717) is 0 Å². The summed E-state index contributed by atoms with van der Waals surface area (Å²) in [5.41, 5.74) is 0. The van der Waals surface area contributed by atoms with E-state index in [-0.39, 0.29) is 0 Å². The molecule has 1 aliphatic rings. The molecular weight excluding hydrogens is 136 g/mol. The van der Waals surface area contributed by atoms with Crippen molar-refractivity contribution in [1.82, 2.24) is 0 Å². The van der Waals surface area contributed by atoms with Gasteiger partial charge in [0, 0.05) is 20.9 Å². The van der Waals surface area contributed by atoms with Gasteiger partial charge in [0.05, 0.1) is 0 Å². The van der Waals surface area contributed by atoms with Crippen molar-refractivity contribution >= 4 is 23.1 Å². The smallest absolute Gasteiger partial charge is 0.0457 e. The van der Waals surface area contributed by atoms with Crippen LogP contribution in [0.1, 0.15) is 4.88 Å². The molecule has 2 heterocycles. The lowest BCUT2D eigenvalue weighted by Gasteiger charge is -1.78. The Bertz CT molecular complexity index is 172. The van der Waals surface area contributed by atoms with Crippen molar-refractivity contribution in [2.24, 2.45) is 0 Å². The molecule has 0 bridgehead atoms. The number of thioether (sulfide) groups is 1. The van der Waals surface area contributed by atoms with E-state index in [4.69, 9.17) is 0 Å². The minimum absolute atomic E-state index is 1.27. The van der Waals surface area contributed by atoms with E-state index < -0.39 is 0 Å². The zero-order valence-corrected chi connectivity index (χ0v) is 5.94. The maximum Gasteiger partial charge on any atom is 0.0457 e. The summed E-state index contributed by atoms with van der Waals surface area (Å²) >= 11 is 3.72. The second kappa shape index (κ2) is 1.78. The van der Waals surface area contributed by atoms with Crippen LogP contribution in [-0.2, 0) is 6.42 Å². The number of fused-ring (bicyclic) bond motifs is 1. The van der Waals surface area contributed by atoms with E-state index in [1.165, 1.54) is 21.9 Å². The highest BCUT2D eigenvalue weighted by molar-refractivity contribution is 7.99. The quantitative estimate of drug-likeness (QED) is 0.533. The molecule has 8 heavy (non-hydrogen) atoms. The lowest BCUT2D eigenvalue weighted by Crippen LogP contribution is -1.69. The van der Waals surface area contributed by atoms with Gasteiger partial charge in [-0.2, -0.15) is 0 Å². The summed E-state index contributed by atoms with van der Waals surface area (Å²) in [6.07, 6.45) is 1.27. The Hall–Kier alpha value is 0.0500. The number of hydrogen-bond donors (Lipinski definition) is 0. The lowest BCUT2D eigenvalue weighted by atomic mass is 10.4. The van der Waals surface area contributed by atoms with Crippen LogP contribution in [0.2, 0.25) is 0 Å². The molecular formula is C6H5S2. The third-order valence-electron chi connectivity index (χ3n) is 1.23. The summed E-state index contributed by atoms with van der Waals surface area (Å²) < 4.78 is 0. The van der Waals surface area contributed by atoms with Crippen LogP contribution in [-0.4, -0.2) is 5.75 Å². The summed E-state index contributed by atoms with van der Waals surface area (Å²) in [4.78, 5) is 3.00. The number of rotatable bonds is 0. The third-order valence-corrected chi connectivity index (χ3v) is 3.35. The third kappa shape index (κ3) is 0.599. The van der Waals surface area contributed by atoms with E-state index in [1.807, 2.05) is 11.8 Å². The molecule has 0 aromatic carbocycles. The highest BCUT2D eigenvalue weighted by Gasteiger charge is 2.10. The van der Waals surface area contributed by atoms with Crippen LogP contribution in [0.5, 0.6) is 0 Å². The fourth-order valence-electron chi connectivity index (χ4n) is 0.835. The monoisotopic (exact) mass is 141 g/mol. The van der Waals surface area contributed by atoms with E-state index in [1.54, 1.807) is 11.3 Å². The largest absolute Gasteiger partial charge is 0.138 e. The van der Waals surface area contributed by atoms with Crippen molar-refractivity contribution in [3.63, 3.8) is 0 Å². The van der Waals surface area contributed by atoms with Crippen molar-refractivity contribution in [1.29, 1.82) is 0 Å². The van der Waals surface area contributed by atoms with Crippen molar-refractivity contribution in [3.8, 4) is 0 Å². The highest BCUT2D eigenvalue weighted by atomic mass is 32.2. The standard InChI is InChI=1S/C6H5S2/c1-3-7-6-2-4-8-5(1)6/h1H,2,4H2. The van der Waals surface area contributed by atoms with Crippen LogP contribution in [0.4, 0.5) is 0 Å². The molecule has 1 aromatic heterocycles. The first-order valence-corrected chi connectivity index (χ1v) is 4.38. The zero-order chi connectivity index (χ0) is 5.40. The molecule has 0 spiro atoms. The van der Waals surface area contributed by atoms with Gasteiger partial charge in [0.15, 0.2) is 0 Å². The van der Waals surface area contributed by atoms with Gasteiger partial charge in [0.2, 0.25) is 0 Å². The van der Waals surface area contributed by atoms with Crippen LogP contribution in [0.15, 0.2) is 11.0 Å². The van der Waals surface area contributed by atoms with E-state index >= 15 is 0 Å². The van der Waals surface area contributed by atoms with E-state index in [9.17, 15) is 0 Å². The summed E-state index contributed by atoms with van der Waals surface area (Å²) in [6.45, 7) is 0. The number of aryl methyl sites for hydroxylation is 1. The predicted octanol–water partition coefficient (Wildman–Crippen LogP) is 2.20. The Labute approximate surface area is 56.9 Å². The topological polar surface area (TPSA) is 0 Å². The molecule has 41 valence electrons. The first-order chi connectivity index (χ1) is 3.97. The van der Waals surface area contributed by atoms with Crippen LogP contribution in [0.3, 0.4) is 0 Å². The minimum atomic E-state index is 1.27. The maximum absolute atomic E-state index is 3.12. The van der Waals surface area contributed by atoms with Gasteiger partial charge >= 0.3 is 0 Å². The van der Waals surface area contributed by atoms with Crippen molar-refractivity contribution in [3.05, 3.63) is 16.3 Å². The van der Waals surface area contributed by atoms with Gasteiger partial charge in [0.1, 0.15) is 0 Å². The Morgan fingerprint density at radius 2 is 2.62 bits per heavy atom. The molecule has 0 atom stereocenters. The maximum atomic E-state index is 3.12. The van der Waals surface area contributed by atoms with Crippen molar-refractivity contribution < 1.29 is 0 Å². The molecule has 0 nitrogen and oxygen atoms in total. The van der Waals surface area contributed by atoms with E-state index in [2.05, 4.69) is 11.4 Å². The zero-order valence-electron chi connectivity index (χ0n) is 4.31. The molecule has 2 rings (SSSR count). The van der Waals surface area contributed by atoms with Gasteiger partial charge in [0.25, 0.3) is 0 Å². The summed E-state index contributed by atoms with van der Waals surface area (Å²) in [5, 5.41) is 3.12. The Kier molecular flexibility index (Phi) is 1.09. The Morgan fingerprint density at radius 1 is 1.62 bits per heavy atom. The molecule has 0 unspecified atom stereocenters. The highest BCUT2D eigenvalue weighted by Crippen LogP contribution is 2.34. The molecule has 1 radical (unpaired) electrons. The fraction of sp³-hybridized carbons (Fsp3) is 0.333. The second-order valence-electron chi connectivity index (χ2n) is 1.75. The molecule has 0 aliphatic carbocycles. The summed E-state index contributed by atoms with van der Waals surface area (Å²) in [6, 6.07) is 2.09. The fourth-order valence-corrected chi connectivity index (χ4v) is 2.95. The molecule has 0 N–H and O–H groups in total. The van der Waals surface area contributed by atoms with Crippen LogP contribution in [0.25, 0.3) is 0 Å². The first-order valence-electron chi connectivity index (χ1n) is 2.58. The predicted molar refractivity (Wildman–Crippen MR) is 37.6 cm³/mol. The average molecular weight is 141 g/mol. The summed E-state index contributed by atoms with van der Waals surface area (Å²) in [7, 11) is 0. The van der Waals surface area contributed by atoms with Gasteiger partial charge in [-0.1, -0.05) is 0 Å². The lowest BCUT2D eigenvalue weighted by molar-refractivity contribution is 1.21. The molecule has 1 aromatic rings. The molecule has 0 saturated carbocycles. The van der Waals surface area contributed by atoms with Crippen molar-refractivity contribution in [2.45, 2.75) is 11.3 Å². The normalized spacial score (nSPS) is 16.5. The first kappa shape index (κ1) is 4.89. The van der Waals surface area contributed by atoms with E-state index in [0.717, 1.165) is 0 Å². The molecule has 0 amide bonds. The SMILES string of the molecule is [c]1cc2c(s1)CCS2. The van der Waals surface area contributed by atoms with Gasteiger partial charge in [-0.3, -0.25) is 0 Å². The molecule has 0 saturated heterocycles. The van der Waals surface area contributed by atoms with Crippen LogP contribution >= 0.6 is 23.1 Å². The Morgan fingerprint density at radius 3 is 3.50 bits per heavy atom. The second-order valence-corrected chi connectivity index (χ2v) is 3.82. The number of thiophene rings is 1. The van der Waals surface area contributed by atoms with Gasteiger partial charge in [-0.25, -0.2) is 0 Å². The minimum Gasteiger partial charge on any atom is -0.138 e. The molecule has 1 aliphatic heterocycles. The molecule has 0 fully saturated rings. The Balaban J connectivity index is 2.54. The number of hydrogen-bond acceptors (Lipinski definition) is 2. The van der Waals surface area contributed by atoms with Crippen molar-refractivity contribution in [2.75, 3.05) is 5.75 Å². The molecule has 2 heteroatoms. The van der Waals surface area contributed by atoms with Gasteiger partial charge < -0.3 is 0 Å². The van der Waals surface area contributed by atoms with Gasteiger partial charge in [-0.15, -0.1) is 23.1 Å².